The summed E-state index contributed by atoms with van der Waals surface area (Å²) in [6, 6.07) is 4.75. The summed E-state index contributed by atoms with van der Waals surface area (Å²) in [4.78, 5) is 24.1. The summed E-state index contributed by atoms with van der Waals surface area (Å²) in [7, 11) is 0. The Bertz CT molecular complexity index is 975. The van der Waals surface area contributed by atoms with Gasteiger partial charge in [-0.05, 0) is 23.7 Å². The third kappa shape index (κ3) is 3.58. The molecule has 0 aliphatic carbocycles. The molecule has 0 saturated heterocycles. The summed E-state index contributed by atoms with van der Waals surface area (Å²) >= 11 is 4.77. The number of rotatable bonds is 4. The van der Waals surface area contributed by atoms with E-state index in [0.29, 0.717) is 10.6 Å². The van der Waals surface area contributed by atoms with Crippen molar-refractivity contribution in [3.8, 4) is 17.5 Å². The molecule has 7 nitrogen and oxygen atoms in total. The number of hydrogen-bond acceptors (Lipinski definition) is 5. The lowest BCUT2D eigenvalue weighted by molar-refractivity contribution is -0.0500. The van der Waals surface area contributed by atoms with E-state index in [1.54, 1.807) is 6.07 Å². The third-order valence-electron chi connectivity index (χ3n) is 2.99. The first-order chi connectivity index (χ1) is 11.6. The molecule has 0 unspecified atom stereocenters. The van der Waals surface area contributed by atoms with Gasteiger partial charge in [-0.2, -0.15) is 22.8 Å². The molecule has 0 amide bonds. The third-order valence-corrected chi connectivity index (χ3v) is 3.18. The van der Waals surface area contributed by atoms with Gasteiger partial charge in [0.05, 0.1) is 11.3 Å². The number of aromatic nitrogens is 2. The molecule has 0 aliphatic rings. The molecule has 2 rings (SSSR count). The van der Waals surface area contributed by atoms with Crippen LogP contribution in [-0.4, -0.2) is 15.9 Å². The molecule has 0 fully saturated rings. The van der Waals surface area contributed by atoms with Gasteiger partial charge in [0.25, 0.3) is 5.56 Å². The average Bonchev–Trinajstić information content (AvgIpc) is 2.49. The summed E-state index contributed by atoms with van der Waals surface area (Å²) in [6.45, 7) is -3.28. The van der Waals surface area contributed by atoms with Crippen molar-refractivity contribution in [1.82, 2.24) is 9.24 Å². The lowest BCUT2D eigenvalue weighted by Crippen LogP contribution is -2.45. The molecule has 132 valence electrons. The van der Waals surface area contributed by atoms with E-state index < -0.39 is 34.7 Å². The molecule has 1 aromatic carbocycles. The van der Waals surface area contributed by atoms with Crippen LogP contribution in [0.15, 0.2) is 33.9 Å². The number of nitrogen functional groups attached to an aromatic ring is 1. The van der Waals surface area contributed by atoms with Gasteiger partial charge in [0.2, 0.25) is 0 Å². The van der Waals surface area contributed by atoms with Crippen LogP contribution in [0.25, 0.3) is 5.69 Å². The summed E-state index contributed by atoms with van der Waals surface area (Å²) in [5.74, 6) is 4.61. The standard InChI is InChI=1S/C13H7ClF4N4O3/c14-13(17,18)9-4-10(23)21(12(24)22(9)20)7-2-1-6(5-19)8(3-7)25-11(15)16/h1-4,11H,20H2. The second kappa shape index (κ2) is 6.48. The molecule has 2 N–H and O–H groups in total. The van der Waals surface area contributed by atoms with E-state index in [4.69, 9.17) is 22.7 Å². The highest BCUT2D eigenvalue weighted by Crippen LogP contribution is 2.30. The predicted molar refractivity (Wildman–Crippen MR) is 77.5 cm³/mol. The number of nitrogens with zero attached hydrogens (tertiary/aromatic N) is 3. The minimum absolute atomic E-state index is 0.0553. The predicted octanol–water partition coefficient (Wildman–Crippen LogP) is 1.47. The Morgan fingerprint density at radius 3 is 2.44 bits per heavy atom. The number of ether oxygens (including phenoxy) is 1. The van der Waals surface area contributed by atoms with E-state index in [0.717, 1.165) is 18.2 Å². The lowest BCUT2D eigenvalue weighted by atomic mass is 10.2. The zero-order chi connectivity index (χ0) is 18.9. The van der Waals surface area contributed by atoms with Crippen molar-refractivity contribution in [3.63, 3.8) is 0 Å². The minimum atomic E-state index is -4.08. The summed E-state index contributed by atoms with van der Waals surface area (Å²) in [6.07, 6.45) is 0. The van der Waals surface area contributed by atoms with E-state index in [2.05, 4.69) is 4.74 Å². The van der Waals surface area contributed by atoms with E-state index in [-0.39, 0.29) is 15.9 Å². The largest absolute Gasteiger partial charge is 0.433 e. The maximum atomic E-state index is 13.2. The van der Waals surface area contributed by atoms with Crippen molar-refractivity contribution in [3.05, 3.63) is 56.4 Å². The fourth-order valence-electron chi connectivity index (χ4n) is 1.95. The van der Waals surface area contributed by atoms with Crippen molar-refractivity contribution >= 4 is 11.6 Å². The van der Waals surface area contributed by atoms with E-state index in [9.17, 15) is 27.2 Å². The average molecular weight is 379 g/mol. The number of nitriles is 1. The first-order valence-electron chi connectivity index (χ1n) is 6.27. The van der Waals surface area contributed by atoms with E-state index in [1.807, 2.05) is 0 Å². The Balaban J connectivity index is 2.72. The topological polar surface area (TPSA) is 103 Å². The van der Waals surface area contributed by atoms with E-state index in [1.165, 1.54) is 0 Å². The zero-order valence-corrected chi connectivity index (χ0v) is 12.7. The van der Waals surface area contributed by atoms with Gasteiger partial charge < -0.3 is 10.6 Å². The highest BCUT2D eigenvalue weighted by Gasteiger charge is 2.33. The number of nitrogens with two attached hydrogens (primary N) is 1. The monoisotopic (exact) mass is 378 g/mol. The smallest absolute Gasteiger partial charge is 0.387 e. The first kappa shape index (κ1) is 18.3. The van der Waals surface area contributed by atoms with Gasteiger partial charge in [-0.15, -0.1) is 0 Å². The Kier molecular flexibility index (Phi) is 4.75. The van der Waals surface area contributed by atoms with Crippen LogP contribution < -0.4 is 21.8 Å². The minimum Gasteiger partial charge on any atom is -0.433 e. The second-order valence-electron chi connectivity index (χ2n) is 4.52. The fourth-order valence-corrected chi connectivity index (χ4v) is 2.09. The Labute approximate surface area is 141 Å². The highest BCUT2D eigenvalue weighted by molar-refractivity contribution is 6.21. The van der Waals surface area contributed by atoms with Gasteiger partial charge in [0, 0.05) is 12.1 Å². The fraction of sp³-hybridized carbons (Fsp3) is 0.154. The molecule has 0 spiro atoms. The second-order valence-corrected chi connectivity index (χ2v) is 5.00. The van der Waals surface area contributed by atoms with Gasteiger partial charge in [-0.3, -0.25) is 4.79 Å². The van der Waals surface area contributed by atoms with Crippen LogP contribution in [0.2, 0.25) is 0 Å². The Morgan fingerprint density at radius 1 is 1.28 bits per heavy atom. The van der Waals surface area contributed by atoms with Crippen LogP contribution in [-0.2, 0) is 5.38 Å². The van der Waals surface area contributed by atoms with Crippen molar-refractivity contribution in [2.24, 2.45) is 0 Å². The molecule has 2 aromatic rings. The van der Waals surface area contributed by atoms with Crippen LogP contribution in [0.5, 0.6) is 5.75 Å². The summed E-state index contributed by atoms with van der Waals surface area (Å²) in [5.41, 5.74) is -4.52. The van der Waals surface area contributed by atoms with Gasteiger partial charge in [-0.1, -0.05) is 0 Å². The molecule has 0 radical (unpaired) electrons. The molecule has 0 saturated carbocycles. The molecule has 1 aromatic heterocycles. The molecule has 1 heterocycles. The van der Waals surface area contributed by atoms with Crippen molar-refractivity contribution < 1.29 is 22.3 Å². The highest BCUT2D eigenvalue weighted by atomic mass is 35.5. The normalized spacial score (nSPS) is 11.4. The summed E-state index contributed by atoms with van der Waals surface area (Å²) < 4.78 is 55.5. The van der Waals surface area contributed by atoms with Crippen molar-refractivity contribution in [2.45, 2.75) is 12.0 Å². The van der Waals surface area contributed by atoms with Crippen LogP contribution in [0.3, 0.4) is 0 Å². The van der Waals surface area contributed by atoms with Gasteiger partial charge in [0.15, 0.2) is 0 Å². The molecule has 12 heteroatoms. The van der Waals surface area contributed by atoms with E-state index >= 15 is 0 Å². The molecular formula is C13H7ClF4N4O3. The maximum absolute atomic E-state index is 13.2. The zero-order valence-electron chi connectivity index (χ0n) is 11.9. The molecule has 0 bridgehead atoms. The number of halogens is 5. The van der Waals surface area contributed by atoms with Gasteiger partial charge in [-0.25, -0.2) is 14.0 Å². The number of benzene rings is 1. The number of alkyl halides is 5. The van der Waals surface area contributed by atoms with Crippen molar-refractivity contribution in [1.29, 1.82) is 5.26 Å². The molecule has 0 aliphatic heterocycles. The van der Waals surface area contributed by atoms with Crippen molar-refractivity contribution in [2.75, 3.05) is 5.84 Å². The lowest BCUT2D eigenvalue weighted by Gasteiger charge is -2.15. The first-order valence-corrected chi connectivity index (χ1v) is 6.64. The van der Waals surface area contributed by atoms with Crippen LogP contribution >= 0.6 is 11.6 Å². The van der Waals surface area contributed by atoms with Crippen LogP contribution in [0, 0.1) is 11.3 Å². The molecular weight excluding hydrogens is 372 g/mol. The Morgan fingerprint density at radius 2 is 1.92 bits per heavy atom. The molecule has 0 atom stereocenters. The van der Waals surface area contributed by atoms with Crippen LogP contribution in [0.1, 0.15) is 11.3 Å². The van der Waals surface area contributed by atoms with Gasteiger partial charge >= 0.3 is 17.7 Å². The Hall–Kier alpha value is -3.00. The number of hydrogen-bond donors (Lipinski definition) is 1. The quantitative estimate of drug-likeness (QED) is 0.493. The summed E-state index contributed by atoms with van der Waals surface area (Å²) in [5, 5.41) is 4.76. The van der Waals surface area contributed by atoms with Gasteiger partial charge in [0.1, 0.15) is 17.5 Å². The SMILES string of the molecule is N#Cc1ccc(-n2c(=O)cc(C(F)(F)Cl)n(N)c2=O)cc1OC(F)F. The maximum Gasteiger partial charge on any atom is 0.387 e. The molecule has 25 heavy (non-hydrogen) atoms. The van der Waals surface area contributed by atoms with Crippen LogP contribution in [0.4, 0.5) is 17.6 Å².